The highest BCUT2D eigenvalue weighted by atomic mass is 16.5. The summed E-state index contributed by atoms with van der Waals surface area (Å²) in [5.41, 5.74) is 2.76. The van der Waals surface area contributed by atoms with Crippen molar-refractivity contribution in [2.45, 2.75) is 25.2 Å². The van der Waals surface area contributed by atoms with E-state index in [4.69, 9.17) is 4.74 Å². The van der Waals surface area contributed by atoms with Gasteiger partial charge in [-0.25, -0.2) is 4.98 Å². The van der Waals surface area contributed by atoms with Gasteiger partial charge in [0.25, 0.3) is 0 Å². The van der Waals surface area contributed by atoms with Crippen LogP contribution >= 0.6 is 0 Å². The number of para-hydroxylation sites is 1. The van der Waals surface area contributed by atoms with Crippen LogP contribution < -0.4 is 4.74 Å². The Labute approximate surface area is 152 Å². The number of aromatic nitrogens is 3. The molecule has 6 heteroatoms. The van der Waals surface area contributed by atoms with Crippen LogP contribution in [0.4, 0.5) is 0 Å². The van der Waals surface area contributed by atoms with Crippen LogP contribution in [0.2, 0.25) is 0 Å². The molecule has 0 spiro atoms. The number of likely N-dealkylation sites (tertiary alicyclic amines) is 1. The molecule has 6 nitrogen and oxygen atoms in total. The summed E-state index contributed by atoms with van der Waals surface area (Å²) in [6, 6.07) is 11.8. The minimum absolute atomic E-state index is 0.141. The molecule has 0 aliphatic carbocycles. The van der Waals surface area contributed by atoms with E-state index in [1.807, 2.05) is 35.2 Å². The number of piperidine rings is 1. The molecule has 1 aliphatic heterocycles. The predicted octanol–water partition coefficient (Wildman–Crippen LogP) is 2.92. The van der Waals surface area contributed by atoms with Crippen molar-refractivity contribution in [2.75, 3.05) is 20.2 Å². The van der Waals surface area contributed by atoms with Gasteiger partial charge < -0.3 is 9.64 Å². The maximum absolute atomic E-state index is 12.8. The molecule has 0 saturated carbocycles. The number of rotatable bonds is 4. The number of ether oxygens (including phenoxy) is 1. The first-order valence-corrected chi connectivity index (χ1v) is 8.94. The zero-order chi connectivity index (χ0) is 17.9. The van der Waals surface area contributed by atoms with Gasteiger partial charge in [0, 0.05) is 35.7 Å². The molecular weight excluding hydrogens is 328 g/mol. The Kier molecular flexibility index (Phi) is 4.56. The first-order chi connectivity index (χ1) is 12.7. The molecule has 1 aromatic carbocycles. The van der Waals surface area contributed by atoms with Crippen LogP contribution in [0.1, 0.15) is 30.0 Å². The monoisotopic (exact) mass is 350 g/mol. The molecule has 1 unspecified atom stereocenters. The molecule has 1 atom stereocenters. The fourth-order valence-corrected chi connectivity index (χ4v) is 3.64. The molecule has 4 rings (SSSR count). The van der Waals surface area contributed by atoms with E-state index in [2.05, 4.69) is 21.2 Å². The summed E-state index contributed by atoms with van der Waals surface area (Å²) in [5.74, 6) is 1.17. The molecule has 1 aliphatic rings. The first kappa shape index (κ1) is 16.6. The first-order valence-electron chi connectivity index (χ1n) is 8.94. The Morgan fingerprint density at radius 1 is 1.31 bits per heavy atom. The lowest BCUT2D eigenvalue weighted by atomic mass is 9.93. The van der Waals surface area contributed by atoms with E-state index in [1.54, 1.807) is 13.3 Å². The number of benzene rings is 1. The number of fused-ring (bicyclic) bond motifs is 1. The van der Waals surface area contributed by atoms with Crippen molar-refractivity contribution in [2.24, 2.45) is 0 Å². The molecule has 0 bridgehead atoms. The lowest BCUT2D eigenvalue weighted by Crippen LogP contribution is -2.40. The van der Waals surface area contributed by atoms with Crippen LogP contribution in [-0.4, -0.2) is 46.2 Å². The quantitative estimate of drug-likeness (QED) is 0.785. The number of methoxy groups -OCH3 is 1. The molecule has 134 valence electrons. The second kappa shape index (κ2) is 7.15. The second-order valence-corrected chi connectivity index (χ2v) is 6.71. The number of pyridine rings is 1. The second-order valence-electron chi connectivity index (χ2n) is 6.71. The average Bonchev–Trinajstić information content (AvgIpc) is 3.16. The van der Waals surface area contributed by atoms with Gasteiger partial charge in [-0.1, -0.05) is 18.2 Å². The van der Waals surface area contributed by atoms with Crippen molar-refractivity contribution in [3.8, 4) is 5.75 Å². The standard InChI is InChI=1S/C20H22N4O2/c1-26-18-7-3-2-5-14(18)11-19(25)24-10-4-6-16(13-24)17-9-8-15-12-21-23-20(15)22-17/h2-3,5,7-9,12,16H,4,6,10-11,13H2,1H3,(H,21,22,23). The summed E-state index contributed by atoms with van der Waals surface area (Å²) < 4.78 is 5.37. The number of hydrogen-bond donors (Lipinski definition) is 1. The molecule has 1 saturated heterocycles. The van der Waals surface area contributed by atoms with E-state index in [9.17, 15) is 4.79 Å². The van der Waals surface area contributed by atoms with Gasteiger partial charge in [-0.2, -0.15) is 5.10 Å². The van der Waals surface area contributed by atoms with Crippen LogP contribution in [0, 0.1) is 0 Å². The van der Waals surface area contributed by atoms with Crippen molar-refractivity contribution < 1.29 is 9.53 Å². The molecule has 0 radical (unpaired) electrons. The summed E-state index contributed by atoms with van der Waals surface area (Å²) in [6.07, 6.45) is 4.18. The third kappa shape index (κ3) is 3.27. The number of amides is 1. The van der Waals surface area contributed by atoms with Gasteiger partial charge in [0.2, 0.25) is 5.91 Å². The fourth-order valence-electron chi connectivity index (χ4n) is 3.64. The molecule has 2 aromatic heterocycles. The number of hydrogen-bond acceptors (Lipinski definition) is 4. The number of H-pyrrole nitrogens is 1. The van der Waals surface area contributed by atoms with Crippen molar-refractivity contribution in [3.05, 3.63) is 53.9 Å². The molecular formula is C20H22N4O2. The SMILES string of the molecule is COc1ccccc1CC(=O)N1CCCC(c2ccc3cn[nH]c3n2)C1. The van der Waals surface area contributed by atoms with Crippen molar-refractivity contribution in [1.29, 1.82) is 0 Å². The van der Waals surface area contributed by atoms with Gasteiger partial charge in [-0.3, -0.25) is 9.89 Å². The van der Waals surface area contributed by atoms with E-state index < -0.39 is 0 Å². The lowest BCUT2D eigenvalue weighted by molar-refractivity contribution is -0.131. The van der Waals surface area contributed by atoms with Crippen LogP contribution in [0.3, 0.4) is 0 Å². The van der Waals surface area contributed by atoms with Crippen molar-refractivity contribution >= 4 is 16.9 Å². The van der Waals surface area contributed by atoms with Gasteiger partial charge in [-0.15, -0.1) is 0 Å². The highest BCUT2D eigenvalue weighted by Crippen LogP contribution is 2.28. The lowest BCUT2D eigenvalue weighted by Gasteiger charge is -2.32. The zero-order valence-corrected chi connectivity index (χ0v) is 14.8. The van der Waals surface area contributed by atoms with E-state index in [0.717, 1.165) is 47.4 Å². The topological polar surface area (TPSA) is 71.1 Å². The highest BCUT2D eigenvalue weighted by molar-refractivity contribution is 5.79. The van der Waals surface area contributed by atoms with Crippen LogP contribution in [0.15, 0.2) is 42.6 Å². The highest BCUT2D eigenvalue weighted by Gasteiger charge is 2.26. The average molecular weight is 350 g/mol. The zero-order valence-electron chi connectivity index (χ0n) is 14.8. The maximum Gasteiger partial charge on any atom is 0.227 e. The summed E-state index contributed by atoms with van der Waals surface area (Å²) >= 11 is 0. The van der Waals surface area contributed by atoms with Gasteiger partial charge >= 0.3 is 0 Å². The van der Waals surface area contributed by atoms with Gasteiger partial charge in [-0.05, 0) is 31.0 Å². The Hall–Kier alpha value is -2.89. The molecule has 3 heterocycles. The minimum Gasteiger partial charge on any atom is -0.496 e. The van der Waals surface area contributed by atoms with Crippen LogP contribution in [0.5, 0.6) is 5.75 Å². The predicted molar refractivity (Wildman–Crippen MR) is 99.1 cm³/mol. The summed E-state index contributed by atoms with van der Waals surface area (Å²) in [4.78, 5) is 19.5. The van der Waals surface area contributed by atoms with Crippen molar-refractivity contribution in [1.82, 2.24) is 20.1 Å². The van der Waals surface area contributed by atoms with Gasteiger partial charge in [0.15, 0.2) is 5.65 Å². The van der Waals surface area contributed by atoms with Crippen LogP contribution in [-0.2, 0) is 11.2 Å². The number of nitrogens with one attached hydrogen (secondary N) is 1. The van der Waals surface area contributed by atoms with E-state index >= 15 is 0 Å². The number of aromatic amines is 1. The van der Waals surface area contributed by atoms with Gasteiger partial charge in [0.1, 0.15) is 5.75 Å². The molecule has 1 fully saturated rings. The third-order valence-corrected chi connectivity index (χ3v) is 5.05. The maximum atomic E-state index is 12.8. The number of carbonyl (C=O) groups excluding carboxylic acids is 1. The van der Waals surface area contributed by atoms with Crippen LogP contribution in [0.25, 0.3) is 11.0 Å². The molecule has 3 aromatic rings. The minimum atomic E-state index is 0.141. The van der Waals surface area contributed by atoms with E-state index in [0.29, 0.717) is 13.0 Å². The van der Waals surface area contributed by atoms with E-state index in [1.165, 1.54) is 0 Å². The molecule has 1 N–H and O–H groups in total. The van der Waals surface area contributed by atoms with E-state index in [-0.39, 0.29) is 11.8 Å². The molecule has 26 heavy (non-hydrogen) atoms. The Bertz CT molecular complexity index is 921. The summed E-state index contributed by atoms with van der Waals surface area (Å²) in [6.45, 7) is 1.51. The Balaban J connectivity index is 1.48. The van der Waals surface area contributed by atoms with Crippen molar-refractivity contribution in [3.63, 3.8) is 0 Å². The van der Waals surface area contributed by atoms with Gasteiger partial charge in [0.05, 0.1) is 19.7 Å². The largest absolute Gasteiger partial charge is 0.496 e. The number of carbonyl (C=O) groups is 1. The summed E-state index contributed by atoms with van der Waals surface area (Å²) in [7, 11) is 1.64. The normalized spacial score (nSPS) is 17.4. The number of nitrogens with zero attached hydrogens (tertiary/aromatic N) is 3. The fraction of sp³-hybridized carbons (Fsp3) is 0.350. The Morgan fingerprint density at radius 2 is 2.19 bits per heavy atom. The smallest absolute Gasteiger partial charge is 0.227 e. The molecule has 1 amide bonds. The summed E-state index contributed by atoms with van der Waals surface area (Å²) in [5, 5.41) is 7.96. The Morgan fingerprint density at radius 3 is 3.08 bits per heavy atom. The third-order valence-electron chi connectivity index (χ3n) is 5.05.